The average Bonchev–Trinajstić information content (AvgIpc) is 1.90. The first kappa shape index (κ1) is 9.86. The van der Waals surface area contributed by atoms with Crippen LogP contribution < -0.4 is 18.9 Å². The van der Waals surface area contributed by atoms with E-state index in [2.05, 4.69) is 4.98 Å². The number of hydrogen-bond donors (Lipinski definition) is 0. The summed E-state index contributed by atoms with van der Waals surface area (Å²) in [4.78, 5) is 3.57. The van der Waals surface area contributed by atoms with E-state index in [9.17, 15) is 8.76 Å². The molecule has 0 amide bonds. The van der Waals surface area contributed by atoms with Gasteiger partial charge in [0.2, 0.25) is 0 Å². The Balaban J connectivity index is 0.000000810. The van der Waals surface area contributed by atoms with Crippen LogP contribution in [0, 0.1) is 0 Å². The van der Waals surface area contributed by atoms with Crippen molar-refractivity contribution in [2.45, 2.75) is 5.03 Å². The minimum absolute atomic E-state index is 0. The van der Waals surface area contributed by atoms with Crippen molar-refractivity contribution >= 4 is 11.1 Å². The third-order valence-electron chi connectivity index (χ3n) is 0.809. The zero-order valence-corrected chi connectivity index (χ0v) is 6.30. The maximum absolute atomic E-state index is 10.1. The Morgan fingerprint density at radius 1 is 1.50 bits per heavy atom. The number of nitrogens with zero attached hydrogens (tertiary/aromatic N) is 1. The van der Waals surface area contributed by atoms with E-state index in [-0.39, 0.29) is 23.9 Å². The van der Waals surface area contributed by atoms with Crippen LogP contribution in [-0.4, -0.2) is 13.7 Å². The fraction of sp³-hybridized carbons (Fsp3) is 0. The fourth-order valence-electron chi connectivity index (χ4n) is 0.446. The minimum Gasteiger partial charge on any atom is -0.767 e. The molecule has 0 aliphatic heterocycles. The largest absolute Gasteiger partial charge is 1.00 e. The van der Waals surface area contributed by atoms with E-state index >= 15 is 0 Å². The summed E-state index contributed by atoms with van der Waals surface area (Å²) in [7, 11) is 0. The van der Waals surface area contributed by atoms with Crippen molar-refractivity contribution in [2.24, 2.45) is 0 Å². The van der Waals surface area contributed by atoms with E-state index in [1.165, 1.54) is 12.3 Å². The molecular weight excluding hydrogens is 145 g/mol. The second-order valence-corrected chi connectivity index (χ2v) is 2.29. The first-order valence-corrected chi connectivity index (χ1v) is 3.38. The zero-order valence-electron chi connectivity index (χ0n) is 5.48. The van der Waals surface area contributed by atoms with Gasteiger partial charge in [-0.2, -0.15) is 0 Å². The molecule has 1 aromatic heterocycles. The molecule has 0 bridgehead atoms. The van der Waals surface area contributed by atoms with Crippen molar-refractivity contribution in [3.05, 3.63) is 24.4 Å². The molecule has 0 aliphatic rings. The first-order chi connectivity index (χ1) is 4.30. The maximum atomic E-state index is 10.1. The molecule has 0 spiro atoms. The molecule has 0 aliphatic carbocycles. The quantitative estimate of drug-likeness (QED) is 0.323. The van der Waals surface area contributed by atoms with Gasteiger partial charge in [-0.15, -0.1) is 0 Å². The summed E-state index contributed by atoms with van der Waals surface area (Å²) in [6.07, 6.45) is 1.44. The van der Waals surface area contributed by atoms with Gasteiger partial charge in [0.25, 0.3) is 0 Å². The molecule has 0 saturated carbocycles. The molecule has 1 rings (SSSR count). The van der Waals surface area contributed by atoms with Gasteiger partial charge in [0, 0.05) is 6.20 Å². The third-order valence-corrected chi connectivity index (χ3v) is 1.39. The molecule has 0 N–H and O–H groups in total. The van der Waals surface area contributed by atoms with Crippen molar-refractivity contribution in [1.29, 1.82) is 0 Å². The summed E-state index contributed by atoms with van der Waals surface area (Å²) in [6.45, 7) is 0. The van der Waals surface area contributed by atoms with Gasteiger partial charge < -0.3 is 4.55 Å². The van der Waals surface area contributed by atoms with E-state index in [4.69, 9.17) is 0 Å². The predicted octanol–water partition coefficient (Wildman–Crippen LogP) is -2.68. The average molecular weight is 149 g/mol. The Kier molecular flexibility index (Phi) is 4.57. The van der Waals surface area contributed by atoms with Crippen LogP contribution in [-0.2, 0) is 11.1 Å². The monoisotopic (exact) mass is 149 g/mol. The molecule has 10 heavy (non-hydrogen) atoms. The smallest absolute Gasteiger partial charge is 0.767 e. The summed E-state index contributed by atoms with van der Waals surface area (Å²) in [5, 5.41) is 0.0810. The van der Waals surface area contributed by atoms with E-state index < -0.39 is 11.1 Å². The topological polar surface area (TPSA) is 53.0 Å². The molecule has 0 saturated heterocycles. The zero-order chi connectivity index (χ0) is 6.69. The van der Waals surface area contributed by atoms with Crippen LogP contribution in [0.5, 0.6) is 0 Å². The van der Waals surface area contributed by atoms with Crippen molar-refractivity contribution in [3.8, 4) is 0 Å². The molecule has 1 unspecified atom stereocenters. The van der Waals surface area contributed by atoms with Gasteiger partial charge in [-0.05, 0) is 23.2 Å². The van der Waals surface area contributed by atoms with Crippen LogP contribution in [0.1, 0.15) is 0 Å². The second kappa shape index (κ2) is 4.64. The molecule has 5 heteroatoms. The van der Waals surface area contributed by atoms with Crippen LogP contribution in [0.4, 0.5) is 0 Å². The molecule has 1 atom stereocenters. The molecule has 0 radical (unpaired) electrons. The molecule has 3 nitrogen and oxygen atoms in total. The molecule has 1 heterocycles. The summed E-state index contributed by atoms with van der Waals surface area (Å²) in [6, 6.07) is 4.72. The van der Waals surface area contributed by atoms with Gasteiger partial charge in [-0.1, -0.05) is 6.07 Å². The maximum Gasteiger partial charge on any atom is 1.00 e. The number of aromatic nitrogens is 1. The van der Waals surface area contributed by atoms with Crippen molar-refractivity contribution in [2.75, 3.05) is 0 Å². The molecule has 0 aromatic carbocycles. The van der Waals surface area contributed by atoms with E-state index in [0.29, 0.717) is 0 Å². The summed E-state index contributed by atoms with van der Waals surface area (Å²) < 4.78 is 20.3. The van der Waals surface area contributed by atoms with Crippen LogP contribution in [0.3, 0.4) is 0 Å². The number of pyridine rings is 1. The Labute approximate surface area is 73.3 Å². The summed E-state index contributed by atoms with van der Waals surface area (Å²) in [5.74, 6) is 0. The van der Waals surface area contributed by atoms with E-state index in [1.54, 1.807) is 12.1 Å². The van der Waals surface area contributed by atoms with Crippen LogP contribution in [0.2, 0.25) is 0 Å². The van der Waals surface area contributed by atoms with Crippen molar-refractivity contribution < 1.29 is 27.6 Å². The van der Waals surface area contributed by atoms with Gasteiger partial charge in [0.05, 0.1) is 0 Å². The Morgan fingerprint density at radius 3 is 2.50 bits per heavy atom. The minimum atomic E-state index is -2.19. The normalized spacial score (nSPS) is 11.7. The third kappa shape index (κ3) is 2.63. The van der Waals surface area contributed by atoms with Gasteiger partial charge in [0.1, 0.15) is 5.03 Å². The van der Waals surface area contributed by atoms with E-state index in [1.807, 2.05) is 0 Å². The van der Waals surface area contributed by atoms with Gasteiger partial charge in [0.15, 0.2) is 0 Å². The summed E-state index contributed by atoms with van der Waals surface area (Å²) >= 11 is -2.19. The number of hydrogen-bond acceptors (Lipinski definition) is 3. The molecule has 48 valence electrons. The Bertz CT molecular complexity index is 216. The molecule has 0 fully saturated rings. The molecular formula is C5H4LiNO2S. The van der Waals surface area contributed by atoms with Gasteiger partial charge in [-0.3, -0.25) is 4.21 Å². The van der Waals surface area contributed by atoms with Gasteiger partial charge >= 0.3 is 18.9 Å². The van der Waals surface area contributed by atoms with Gasteiger partial charge in [-0.25, -0.2) is 4.98 Å². The predicted molar refractivity (Wildman–Crippen MR) is 31.4 cm³/mol. The van der Waals surface area contributed by atoms with E-state index in [0.717, 1.165) is 0 Å². The number of rotatable bonds is 1. The summed E-state index contributed by atoms with van der Waals surface area (Å²) in [5.41, 5.74) is 0. The van der Waals surface area contributed by atoms with Crippen molar-refractivity contribution in [1.82, 2.24) is 4.98 Å². The van der Waals surface area contributed by atoms with Crippen LogP contribution in [0.15, 0.2) is 29.4 Å². The van der Waals surface area contributed by atoms with Crippen molar-refractivity contribution in [3.63, 3.8) is 0 Å². The van der Waals surface area contributed by atoms with Crippen LogP contribution >= 0.6 is 0 Å². The standard InChI is InChI=1S/C5H5NO2S.Li/c7-9(8)5-3-1-2-4-6-5;/h1-4H,(H,7,8);/q;+1/p-1. The second-order valence-electron chi connectivity index (χ2n) is 1.40. The Hall–Kier alpha value is -0.143. The fourth-order valence-corrected chi connectivity index (χ4v) is 0.782. The van der Waals surface area contributed by atoms with Crippen LogP contribution in [0.25, 0.3) is 0 Å². The Morgan fingerprint density at radius 2 is 2.20 bits per heavy atom. The SMILES string of the molecule is O=S([O-])c1ccccn1.[Li+]. The first-order valence-electron chi connectivity index (χ1n) is 2.31. The molecule has 1 aromatic rings.